The van der Waals surface area contributed by atoms with Gasteiger partial charge in [-0.3, -0.25) is 4.79 Å². The van der Waals surface area contributed by atoms with Crippen molar-refractivity contribution >= 4 is 17.2 Å². The van der Waals surface area contributed by atoms with Crippen LogP contribution in [0, 0.1) is 0 Å². The molecule has 14 heavy (non-hydrogen) atoms. The van der Waals surface area contributed by atoms with Crippen LogP contribution in [0.4, 0.5) is 0 Å². The Morgan fingerprint density at radius 3 is 3.00 bits per heavy atom. The van der Waals surface area contributed by atoms with E-state index in [0.29, 0.717) is 5.01 Å². The van der Waals surface area contributed by atoms with Crippen molar-refractivity contribution in [1.82, 2.24) is 10.3 Å². The normalized spacial score (nSPS) is 10.1. The molecule has 0 aromatic carbocycles. The zero-order valence-corrected chi connectivity index (χ0v) is 9.49. The largest absolute Gasteiger partial charge is 0.350 e. The second kappa shape index (κ2) is 5.75. The number of amides is 1. The number of hydrogen-bond donors (Lipinski definition) is 1. The molecule has 1 heterocycles. The second-order valence-corrected chi connectivity index (χ2v) is 4.21. The van der Waals surface area contributed by atoms with Crippen LogP contribution in [0.25, 0.3) is 0 Å². The Balaban J connectivity index is 0.00000196. The van der Waals surface area contributed by atoms with Crippen LogP contribution < -0.4 is 5.32 Å². The van der Waals surface area contributed by atoms with Gasteiger partial charge in [0.2, 0.25) is 0 Å². The maximum absolute atomic E-state index is 11.5. The van der Waals surface area contributed by atoms with Crippen molar-refractivity contribution in [2.75, 3.05) is 6.54 Å². The van der Waals surface area contributed by atoms with E-state index in [0.717, 1.165) is 30.7 Å². The van der Waals surface area contributed by atoms with Gasteiger partial charge < -0.3 is 5.32 Å². The summed E-state index contributed by atoms with van der Waals surface area (Å²) in [7, 11) is 0. The number of rotatable bonds is 5. The molecule has 4 heteroatoms. The van der Waals surface area contributed by atoms with E-state index in [2.05, 4.69) is 24.1 Å². The summed E-state index contributed by atoms with van der Waals surface area (Å²) in [6.07, 6.45) is 4.84. The summed E-state index contributed by atoms with van der Waals surface area (Å²) in [4.78, 5) is 16.7. The summed E-state index contributed by atoms with van der Waals surface area (Å²) < 4.78 is 0. The van der Waals surface area contributed by atoms with Gasteiger partial charge >= 0.3 is 0 Å². The van der Waals surface area contributed by atoms with Gasteiger partial charge in [0.25, 0.3) is 5.91 Å². The monoisotopic (exact) mass is 214 g/mol. The number of aryl methyl sites for hydroxylation is 1. The highest BCUT2D eigenvalue weighted by Gasteiger charge is 2.08. The minimum Gasteiger partial charge on any atom is -0.350 e. The standard InChI is InChI=1S/C10H16N2OS.H2/c1-3-5-6-11-9(13)10-12-7-8(4-2)14-10;/h7H,3-6H2,1-2H3,(H,11,13);1H. The van der Waals surface area contributed by atoms with Gasteiger partial charge in [-0.1, -0.05) is 20.3 Å². The molecule has 0 radical (unpaired) electrons. The quantitative estimate of drug-likeness (QED) is 0.765. The fraction of sp³-hybridized carbons (Fsp3) is 0.600. The molecule has 0 saturated heterocycles. The number of carbonyl (C=O) groups excluding carboxylic acids is 1. The summed E-state index contributed by atoms with van der Waals surface area (Å²) >= 11 is 1.48. The molecule has 0 saturated carbocycles. The Morgan fingerprint density at radius 2 is 2.43 bits per heavy atom. The third kappa shape index (κ3) is 3.10. The molecule has 1 aromatic heterocycles. The van der Waals surface area contributed by atoms with Crippen molar-refractivity contribution in [3.63, 3.8) is 0 Å². The van der Waals surface area contributed by atoms with Gasteiger partial charge in [0.05, 0.1) is 0 Å². The third-order valence-corrected chi connectivity index (χ3v) is 3.05. The second-order valence-electron chi connectivity index (χ2n) is 3.09. The molecule has 3 nitrogen and oxygen atoms in total. The van der Waals surface area contributed by atoms with E-state index in [9.17, 15) is 4.79 Å². The lowest BCUT2D eigenvalue weighted by molar-refractivity contribution is 0.0953. The van der Waals surface area contributed by atoms with Crippen molar-refractivity contribution in [3.05, 3.63) is 16.1 Å². The van der Waals surface area contributed by atoms with Crippen LogP contribution in [0.2, 0.25) is 0 Å². The van der Waals surface area contributed by atoms with Gasteiger partial charge in [0.15, 0.2) is 5.01 Å². The van der Waals surface area contributed by atoms with Crippen LogP contribution in [-0.4, -0.2) is 17.4 Å². The number of hydrogen-bond acceptors (Lipinski definition) is 3. The first-order valence-corrected chi connectivity index (χ1v) is 5.82. The fourth-order valence-corrected chi connectivity index (χ4v) is 1.80. The van der Waals surface area contributed by atoms with Crippen LogP contribution in [0.5, 0.6) is 0 Å². The average molecular weight is 214 g/mol. The first-order valence-electron chi connectivity index (χ1n) is 5.00. The molecule has 0 fully saturated rings. The molecule has 0 spiro atoms. The van der Waals surface area contributed by atoms with Crippen molar-refractivity contribution < 1.29 is 6.22 Å². The molecule has 0 atom stereocenters. The third-order valence-electron chi connectivity index (χ3n) is 1.91. The zero-order chi connectivity index (χ0) is 10.4. The van der Waals surface area contributed by atoms with Gasteiger partial charge in [-0.25, -0.2) is 4.98 Å². The summed E-state index contributed by atoms with van der Waals surface area (Å²) in [5, 5.41) is 3.43. The van der Waals surface area contributed by atoms with Crippen molar-refractivity contribution in [2.45, 2.75) is 33.1 Å². The molecule has 0 bridgehead atoms. The van der Waals surface area contributed by atoms with Crippen LogP contribution in [0.1, 0.15) is 42.8 Å². The number of carbonyl (C=O) groups is 1. The van der Waals surface area contributed by atoms with Crippen molar-refractivity contribution in [2.24, 2.45) is 0 Å². The number of aromatic nitrogens is 1. The van der Waals surface area contributed by atoms with Crippen LogP contribution in [-0.2, 0) is 6.42 Å². The molecule has 1 rings (SSSR count). The molecule has 0 aliphatic carbocycles. The molecule has 0 unspecified atom stereocenters. The van der Waals surface area contributed by atoms with Crippen LogP contribution in [0.3, 0.4) is 0 Å². The Kier molecular flexibility index (Phi) is 4.59. The number of nitrogens with one attached hydrogen (secondary N) is 1. The Bertz CT molecular complexity index is 301. The minimum absolute atomic E-state index is 0. The number of unbranched alkanes of at least 4 members (excludes halogenated alkanes) is 1. The van der Waals surface area contributed by atoms with Gasteiger partial charge in [-0.15, -0.1) is 11.3 Å². The van der Waals surface area contributed by atoms with Gasteiger partial charge in [0.1, 0.15) is 0 Å². The zero-order valence-electron chi connectivity index (χ0n) is 8.67. The van der Waals surface area contributed by atoms with E-state index in [1.807, 2.05) is 0 Å². The molecule has 80 valence electrons. The lowest BCUT2D eigenvalue weighted by atomic mass is 10.3. The Labute approximate surface area is 90.0 Å². The predicted octanol–water partition coefficient (Wildman–Crippen LogP) is 2.48. The highest BCUT2D eigenvalue weighted by molar-refractivity contribution is 7.13. The maximum atomic E-state index is 11.5. The Morgan fingerprint density at radius 1 is 1.64 bits per heavy atom. The lowest BCUT2D eigenvalue weighted by Gasteiger charge is -1.99. The molecule has 1 amide bonds. The smallest absolute Gasteiger partial charge is 0.280 e. The SMILES string of the molecule is CCCCNC(=O)c1ncc(CC)s1.[HH]. The van der Waals surface area contributed by atoms with E-state index in [1.54, 1.807) is 6.20 Å². The molecular weight excluding hydrogens is 196 g/mol. The average Bonchev–Trinajstić information content (AvgIpc) is 2.66. The summed E-state index contributed by atoms with van der Waals surface area (Å²) in [6.45, 7) is 4.91. The first-order chi connectivity index (χ1) is 6.77. The summed E-state index contributed by atoms with van der Waals surface area (Å²) in [5.74, 6) is -0.0387. The molecule has 1 aromatic rings. The lowest BCUT2D eigenvalue weighted by Crippen LogP contribution is -2.23. The maximum Gasteiger partial charge on any atom is 0.280 e. The highest BCUT2D eigenvalue weighted by atomic mass is 32.1. The first kappa shape index (κ1) is 11.2. The summed E-state index contributed by atoms with van der Waals surface area (Å²) in [5.41, 5.74) is 0. The predicted molar refractivity (Wildman–Crippen MR) is 60.8 cm³/mol. The molecule has 0 aliphatic rings. The van der Waals surface area contributed by atoms with Crippen molar-refractivity contribution in [1.29, 1.82) is 0 Å². The molecule has 0 aliphatic heterocycles. The molecular formula is C10H18N2OS. The van der Waals surface area contributed by atoms with E-state index in [4.69, 9.17) is 0 Å². The van der Waals surface area contributed by atoms with E-state index in [-0.39, 0.29) is 7.33 Å². The van der Waals surface area contributed by atoms with Gasteiger partial charge in [-0.2, -0.15) is 0 Å². The van der Waals surface area contributed by atoms with Crippen molar-refractivity contribution in [3.8, 4) is 0 Å². The molecule has 1 N–H and O–H groups in total. The number of thiazole rings is 1. The van der Waals surface area contributed by atoms with Gasteiger partial charge in [-0.05, 0) is 12.8 Å². The van der Waals surface area contributed by atoms with Gasteiger partial charge in [0, 0.05) is 19.0 Å². The summed E-state index contributed by atoms with van der Waals surface area (Å²) in [6, 6.07) is 0. The highest BCUT2D eigenvalue weighted by Crippen LogP contribution is 2.12. The van der Waals surface area contributed by atoms with Crippen LogP contribution in [0.15, 0.2) is 6.20 Å². The van der Waals surface area contributed by atoms with Crippen LogP contribution >= 0.6 is 11.3 Å². The van der Waals surface area contributed by atoms with E-state index < -0.39 is 0 Å². The number of nitrogens with zero attached hydrogens (tertiary/aromatic N) is 1. The topological polar surface area (TPSA) is 42.0 Å². The van der Waals surface area contributed by atoms with E-state index >= 15 is 0 Å². The minimum atomic E-state index is -0.0387. The fourth-order valence-electron chi connectivity index (χ4n) is 1.03. The Hall–Kier alpha value is -0.900. The van der Waals surface area contributed by atoms with E-state index in [1.165, 1.54) is 11.3 Å².